The molecular weight excluding hydrogens is 349 g/mol. The fourth-order valence-corrected chi connectivity index (χ4v) is 7.76. The first-order chi connectivity index (χ1) is 12.2. The first-order valence-corrected chi connectivity index (χ1v) is 10.4. The Bertz CT molecular complexity index is 664. The van der Waals surface area contributed by atoms with Crippen LogP contribution in [-0.4, -0.2) is 29.9 Å². The maximum absolute atomic E-state index is 12.1. The Morgan fingerprint density at radius 1 is 1.19 bits per heavy atom. The number of hydrogen-bond acceptors (Lipinski definition) is 3. The standard InChI is InChI=1S/C22H33NO3.Na/c1-13(20(25)26)15-6-7-16-14-5-8-18-22(3,12-10-19(24)23(18)4)17(14)9-11-21(15,16)2;/h10,12-18H,5-9,11H2,1-4H3,(H,25,26);/q;+1/p-1. The van der Waals surface area contributed by atoms with E-state index in [0.29, 0.717) is 23.8 Å². The van der Waals surface area contributed by atoms with Crippen molar-refractivity contribution >= 4 is 11.9 Å². The second kappa shape index (κ2) is 7.18. The molecule has 0 saturated heterocycles. The van der Waals surface area contributed by atoms with Crippen LogP contribution in [-0.2, 0) is 9.59 Å². The molecule has 0 radical (unpaired) electrons. The van der Waals surface area contributed by atoms with Crippen LogP contribution in [0.4, 0.5) is 0 Å². The van der Waals surface area contributed by atoms with Crippen molar-refractivity contribution in [3.63, 3.8) is 0 Å². The van der Waals surface area contributed by atoms with Crippen LogP contribution in [0.1, 0.15) is 59.3 Å². The molecular formula is C22H32NNaO3. The van der Waals surface area contributed by atoms with Crippen LogP contribution in [0.25, 0.3) is 0 Å². The molecule has 4 rings (SSSR count). The van der Waals surface area contributed by atoms with Gasteiger partial charge in [-0.3, -0.25) is 4.79 Å². The van der Waals surface area contributed by atoms with Gasteiger partial charge in [0.05, 0.1) is 0 Å². The molecule has 3 aliphatic carbocycles. The molecule has 0 aromatic carbocycles. The zero-order valence-corrected chi connectivity index (χ0v) is 19.5. The molecule has 0 N–H and O–H groups in total. The van der Waals surface area contributed by atoms with Gasteiger partial charge in [0.25, 0.3) is 0 Å². The van der Waals surface area contributed by atoms with Crippen LogP contribution in [0.3, 0.4) is 0 Å². The van der Waals surface area contributed by atoms with Gasteiger partial charge in [-0.1, -0.05) is 26.8 Å². The second-order valence-electron chi connectivity index (χ2n) is 9.95. The maximum atomic E-state index is 12.1. The number of aliphatic carboxylic acids is 1. The van der Waals surface area contributed by atoms with E-state index in [9.17, 15) is 14.7 Å². The van der Waals surface area contributed by atoms with Gasteiger partial charge < -0.3 is 14.8 Å². The predicted molar refractivity (Wildman–Crippen MR) is 97.7 cm³/mol. The molecule has 1 heterocycles. The first kappa shape index (κ1) is 21.4. The molecule has 3 saturated carbocycles. The summed E-state index contributed by atoms with van der Waals surface area (Å²) in [6.45, 7) is 6.56. The van der Waals surface area contributed by atoms with Gasteiger partial charge in [-0.25, -0.2) is 0 Å². The molecule has 8 unspecified atom stereocenters. The number of likely N-dealkylation sites (N-methyl/N-ethyl adjacent to an activating group) is 1. The third kappa shape index (κ3) is 2.97. The van der Waals surface area contributed by atoms with Crippen molar-refractivity contribution in [2.45, 2.75) is 65.3 Å². The Balaban J connectivity index is 0.00000210. The smallest absolute Gasteiger partial charge is 0.550 e. The molecule has 144 valence electrons. The molecule has 0 aromatic heterocycles. The summed E-state index contributed by atoms with van der Waals surface area (Å²) < 4.78 is 0. The summed E-state index contributed by atoms with van der Waals surface area (Å²) in [6, 6.07) is 0.310. The molecule has 5 heteroatoms. The van der Waals surface area contributed by atoms with Crippen LogP contribution in [0, 0.1) is 40.4 Å². The number of fused-ring (bicyclic) bond motifs is 5. The third-order valence-corrected chi connectivity index (χ3v) is 9.18. The molecule has 0 spiro atoms. The predicted octanol–water partition coefficient (Wildman–Crippen LogP) is -0.368. The van der Waals surface area contributed by atoms with Crippen molar-refractivity contribution in [1.82, 2.24) is 4.90 Å². The van der Waals surface area contributed by atoms with E-state index in [1.165, 1.54) is 6.42 Å². The van der Waals surface area contributed by atoms with Gasteiger partial charge in [-0.05, 0) is 79.6 Å². The Morgan fingerprint density at radius 2 is 1.89 bits per heavy atom. The van der Waals surface area contributed by atoms with Gasteiger partial charge in [0, 0.05) is 24.5 Å². The summed E-state index contributed by atoms with van der Waals surface area (Å²) in [5.41, 5.74) is 0.189. The van der Waals surface area contributed by atoms with Crippen molar-refractivity contribution in [1.29, 1.82) is 0 Å². The number of carbonyl (C=O) groups is 2. The van der Waals surface area contributed by atoms with Crippen LogP contribution < -0.4 is 34.7 Å². The van der Waals surface area contributed by atoms with E-state index in [0.717, 1.165) is 32.1 Å². The summed E-state index contributed by atoms with van der Waals surface area (Å²) in [4.78, 5) is 25.6. The number of carboxylic acids is 1. The summed E-state index contributed by atoms with van der Waals surface area (Å²) >= 11 is 0. The minimum Gasteiger partial charge on any atom is -0.550 e. The van der Waals surface area contributed by atoms with Crippen molar-refractivity contribution in [3.05, 3.63) is 12.2 Å². The van der Waals surface area contributed by atoms with Gasteiger partial charge in [0.2, 0.25) is 5.91 Å². The molecule has 4 nitrogen and oxygen atoms in total. The fourth-order valence-electron chi connectivity index (χ4n) is 7.76. The van der Waals surface area contributed by atoms with Gasteiger partial charge in [0.1, 0.15) is 0 Å². The van der Waals surface area contributed by atoms with E-state index in [2.05, 4.69) is 19.9 Å². The van der Waals surface area contributed by atoms with Gasteiger partial charge in [-0.2, -0.15) is 0 Å². The van der Waals surface area contributed by atoms with Crippen LogP contribution in [0.15, 0.2) is 12.2 Å². The monoisotopic (exact) mass is 381 g/mol. The summed E-state index contributed by atoms with van der Waals surface area (Å²) in [5, 5.41) is 11.5. The zero-order valence-electron chi connectivity index (χ0n) is 17.5. The summed E-state index contributed by atoms with van der Waals surface area (Å²) in [7, 11) is 1.95. The molecule has 27 heavy (non-hydrogen) atoms. The van der Waals surface area contributed by atoms with Crippen LogP contribution in [0.2, 0.25) is 0 Å². The van der Waals surface area contributed by atoms with Crippen LogP contribution in [0.5, 0.6) is 0 Å². The molecule has 8 atom stereocenters. The normalized spacial score (nSPS) is 46.7. The number of carbonyl (C=O) groups excluding carboxylic acids is 2. The largest absolute Gasteiger partial charge is 1.00 e. The minimum atomic E-state index is -0.884. The zero-order chi connectivity index (χ0) is 18.9. The number of amides is 1. The molecule has 4 aliphatic rings. The topological polar surface area (TPSA) is 60.4 Å². The number of nitrogens with zero attached hydrogens (tertiary/aromatic N) is 1. The van der Waals surface area contributed by atoms with Gasteiger partial charge in [0.15, 0.2) is 0 Å². The Hall–Kier alpha value is -0.320. The van der Waals surface area contributed by atoms with E-state index in [1.54, 1.807) is 6.08 Å². The molecule has 0 bridgehead atoms. The van der Waals surface area contributed by atoms with Gasteiger partial charge >= 0.3 is 29.6 Å². The number of carboxylic acid groups (broad SMARTS) is 1. The second-order valence-corrected chi connectivity index (χ2v) is 9.95. The molecule has 1 aliphatic heterocycles. The van der Waals surface area contributed by atoms with Gasteiger partial charge in [-0.15, -0.1) is 0 Å². The number of hydrogen-bond donors (Lipinski definition) is 0. The Labute approximate surface area is 185 Å². The molecule has 0 aromatic rings. The third-order valence-electron chi connectivity index (χ3n) is 9.18. The Kier molecular flexibility index (Phi) is 5.69. The average molecular weight is 381 g/mol. The Morgan fingerprint density at radius 3 is 2.56 bits per heavy atom. The van der Waals surface area contributed by atoms with Crippen LogP contribution >= 0.6 is 0 Å². The maximum Gasteiger partial charge on any atom is 1.00 e. The van der Waals surface area contributed by atoms with E-state index in [1.807, 2.05) is 18.9 Å². The van der Waals surface area contributed by atoms with Crippen molar-refractivity contribution in [3.8, 4) is 0 Å². The summed E-state index contributed by atoms with van der Waals surface area (Å²) in [5.74, 6) is 1.01. The number of rotatable bonds is 2. The van der Waals surface area contributed by atoms with E-state index >= 15 is 0 Å². The van der Waals surface area contributed by atoms with E-state index in [4.69, 9.17) is 0 Å². The molecule has 3 fully saturated rings. The fraction of sp³-hybridized carbons (Fsp3) is 0.818. The van der Waals surface area contributed by atoms with Crippen molar-refractivity contribution in [2.24, 2.45) is 40.4 Å². The SMILES string of the molecule is CC(C(=O)[O-])C1CCC2C3CCC4N(C)C(=O)C=CC4(C)C3CCC12C.[Na+]. The van der Waals surface area contributed by atoms with E-state index in [-0.39, 0.29) is 58.1 Å². The minimum absolute atomic E-state index is 0. The molecule has 1 amide bonds. The van der Waals surface area contributed by atoms with Crippen molar-refractivity contribution < 1.29 is 44.3 Å². The van der Waals surface area contributed by atoms with E-state index < -0.39 is 5.97 Å². The quantitative estimate of drug-likeness (QED) is 0.614. The summed E-state index contributed by atoms with van der Waals surface area (Å²) in [6.07, 6.45) is 10.6. The average Bonchev–Trinajstić information content (AvgIpc) is 2.95. The first-order valence-electron chi connectivity index (χ1n) is 10.4. The van der Waals surface area contributed by atoms with Crippen molar-refractivity contribution in [2.75, 3.05) is 7.05 Å².